The molecule has 1 unspecified atom stereocenters. The minimum absolute atomic E-state index is 0.246. The lowest BCUT2D eigenvalue weighted by molar-refractivity contribution is 0.481. The zero-order valence-electron chi connectivity index (χ0n) is 10.0. The fraction of sp³-hybridized carbons (Fsp3) is 0.286. The van der Waals surface area contributed by atoms with E-state index in [1.54, 1.807) is 6.07 Å². The predicted molar refractivity (Wildman–Crippen MR) is 66.3 cm³/mol. The molecule has 1 N–H and O–H groups in total. The van der Waals surface area contributed by atoms with Crippen molar-refractivity contribution in [3.63, 3.8) is 0 Å². The topological polar surface area (TPSA) is 25.2 Å². The van der Waals surface area contributed by atoms with Gasteiger partial charge < -0.3 is 9.73 Å². The van der Waals surface area contributed by atoms with Crippen LogP contribution in [0.1, 0.15) is 12.7 Å². The van der Waals surface area contributed by atoms with Gasteiger partial charge in [0.15, 0.2) is 0 Å². The number of hydrogen-bond donors (Lipinski definition) is 1. The summed E-state index contributed by atoms with van der Waals surface area (Å²) in [4.78, 5) is 0. The lowest BCUT2D eigenvalue weighted by atomic mass is 10.2. The number of nitrogens with one attached hydrogen (secondary N) is 1. The van der Waals surface area contributed by atoms with Gasteiger partial charge in [-0.1, -0.05) is 12.1 Å². The van der Waals surface area contributed by atoms with Crippen LogP contribution in [0.25, 0.3) is 11.3 Å². The lowest BCUT2D eigenvalue weighted by Crippen LogP contribution is -2.23. The van der Waals surface area contributed by atoms with Crippen LogP contribution >= 0.6 is 0 Å². The smallest absolute Gasteiger partial charge is 0.134 e. The Kier molecular flexibility index (Phi) is 3.59. The Hall–Kier alpha value is -1.61. The molecule has 0 aliphatic rings. The average molecular weight is 233 g/mol. The molecule has 0 radical (unpaired) electrons. The summed E-state index contributed by atoms with van der Waals surface area (Å²) in [5.41, 5.74) is 0.772. The van der Waals surface area contributed by atoms with E-state index in [2.05, 4.69) is 12.2 Å². The molecule has 1 atom stereocenters. The van der Waals surface area contributed by atoms with Crippen LogP contribution in [0.5, 0.6) is 0 Å². The van der Waals surface area contributed by atoms with E-state index in [0.29, 0.717) is 11.8 Å². The summed E-state index contributed by atoms with van der Waals surface area (Å²) >= 11 is 0. The van der Waals surface area contributed by atoms with Crippen molar-refractivity contribution in [2.45, 2.75) is 19.4 Å². The summed E-state index contributed by atoms with van der Waals surface area (Å²) in [5, 5.41) is 3.15. The molecule has 2 aromatic rings. The van der Waals surface area contributed by atoms with Crippen molar-refractivity contribution >= 4 is 0 Å². The van der Waals surface area contributed by atoms with Gasteiger partial charge in [-0.25, -0.2) is 4.39 Å². The first-order valence-corrected chi connectivity index (χ1v) is 5.71. The molecule has 3 heteroatoms. The molecule has 90 valence electrons. The van der Waals surface area contributed by atoms with Crippen molar-refractivity contribution in [2.75, 3.05) is 7.05 Å². The van der Waals surface area contributed by atoms with Crippen molar-refractivity contribution in [1.29, 1.82) is 0 Å². The number of likely N-dealkylation sites (N-methyl/N-ethyl adjacent to an activating group) is 1. The third kappa shape index (κ3) is 2.94. The Morgan fingerprint density at radius 1 is 1.29 bits per heavy atom. The minimum Gasteiger partial charge on any atom is -0.461 e. The Bertz CT molecular complexity index is 492. The quantitative estimate of drug-likeness (QED) is 0.877. The fourth-order valence-electron chi connectivity index (χ4n) is 1.69. The largest absolute Gasteiger partial charge is 0.461 e. The maximum Gasteiger partial charge on any atom is 0.134 e. The molecule has 17 heavy (non-hydrogen) atoms. The van der Waals surface area contributed by atoms with Gasteiger partial charge in [0.05, 0.1) is 0 Å². The van der Waals surface area contributed by atoms with Gasteiger partial charge in [-0.05, 0) is 38.2 Å². The third-order valence-electron chi connectivity index (χ3n) is 2.77. The van der Waals surface area contributed by atoms with Gasteiger partial charge in [0.1, 0.15) is 17.3 Å². The first kappa shape index (κ1) is 11.9. The number of benzene rings is 1. The van der Waals surface area contributed by atoms with E-state index in [-0.39, 0.29) is 5.82 Å². The normalized spacial score (nSPS) is 12.6. The summed E-state index contributed by atoms with van der Waals surface area (Å²) < 4.78 is 18.8. The average Bonchev–Trinajstić information content (AvgIpc) is 2.77. The van der Waals surface area contributed by atoms with Crippen LogP contribution in [0.4, 0.5) is 4.39 Å². The Morgan fingerprint density at radius 2 is 2.12 bits per heavy atom. The first-order valence-electron chi connectivity index (χ1n) is 5.71. The molecule has 0 amide bonds. The van der Waals surface area contributed by atoms with Crippen LogP contribution in [0.3, 0.4) is 0 Å². The van der Waals surface area contributed by atoms with E-state index in [4.69, 9.17) is 4.42 Å². The highest BCUT2D eigenvalue weighted by Gasteiger charge is 2.08. The van der Waals surface area contributed by atoms with Crippen molar-refractivity contribution in [3.8, 4) is 11.3 Å². The van der Waals surface area contributed by atoms with E-state index in [0.717, 1.165) is 17.7 Å². The van der Waals surface area contributed by atoms with Crippen molar-refractivity contribution < 1.29 is 8.81 Å². The van der Waals surface area contributed by atoms with Gasteiger partial charge in [-0.15, -0.1) is 0 Å². The molecule has 0 saturated carbocycles. The predicted octanol–water partition coefficient (Wildman–Crippen LogP) is 3.24. The van der Waals surface area contributed by atoms with E-state index < -0.39 is 0 Å². The summed E-state index contributed by atoms with van der Waals surface area (Å²) in [6.07, 6.45) is 0.825. The zero-order valence-corrected chi connectivity index (χ0v) is 10.0. The lowest BCUT2D eigenvalue weighted by Gasteiger charge is -2.06. The number of halogens is 1. The van der Waals surface area contributed by atoms with Crippen LogP contribution in [0, 0.1) is 5.82 Å². The molecule has 0 aliphatic carbocycles. The highest BCUT2D eigenvalue weighted by atomic mass is 19.1. The van der Waals surface area contributed by atoms with Crippen LogP contribution in [-0.4, -0.2) is 13.1 Å². The Morgan fingerprint density at radius 3 is 2.82 bits per heavy atom. The SMILES string of the molecule is CNC(C)Cc1ccc(-c2cccc(F)c2)o1. The monoisotopic (exact) mass is 233 g/mol. The number of rotatable bonds is 4. The van der Waals surface area contributed by atoms with Crippen molar-refractivity contribution in [1.82, 2.24) is 5.32 Å². The van der Waals surface area contributed by atoms with Gasteiger partial charge in [0, 0.05) is 18.0 Å². The number of hydrogen-bond acceptors (Lipinski definition) is 2. The van der Waals surface area contributed by atoms with E-state index in [1.807, 2.05) is 25.2 Å². The van der Waals surface area contributed by atoms with Gasteiger partial charge in [0.2, 0.25) is 0 Å². The molecule has 2 rings (SSSR count). The summed E-state index contributed by atoms with van der Waals surface area (Å²) in [6, 6.07) is 10.6. The minimum atomic E-state index is -0.246. The van der Waals surface area contributed by atoms with Crippen LogP contribution in [-0.2, 0) is 6.42 Å². The fourth-order valence-corrected chi connectivity index (χ4v) is 1.69. The zero-order chi connectivity index (χ0) is 12.3. The highest BCUT2D eigenvalue weighted by Crippen LogP contribution is 2.23. The molecule has 0 fully saturated rings. The molecular formula is C14H16FNO. The third-order valence-corrected chi connectivity index (χ3v) is 2.77. The summed E-state index contributed by atoms with van der Waals surface area (Å²) in [7, 11) is 1.92. The molecule has 0 saturated heterocycles. The van der Waals surface area contributed by atoms with Gasteiger partial charge in [0.25, 0.3) is 0 Å². The van der Waals surface area contributed by atoms with Crippen LogP contribution < -0.4 is 5.32 Å². The van der Waals surface area contributed by atoms with Gasteiger partial charge >= 0.3 is 0 Å². The highest BCUT2D eigenvalue weighted by molar-refractivity contribution is 5.57. The van der Waals surface area contributed by atoms with Gasteiger partial charge in [-0.3, -0.25) is 0 Å². The molecule has 0 bridgehead atoms. The molecule has 0 aliphatic heterocycles. The van der Waals surface area contributed by atoms with E-state index in [1.165, 1.54) is 12.1 Å². The van der Waals surface area contributed by atoms with Crippen LogP contribution in [0.2, 0.25) is 0 Å². The molecule has 0 spiro atoms. The van der Waals surface area contributed by atoms with Crippen molar-refractivity contribution in [3.05, 3.63) is 48.0 Å². The standard InChI is InChI=1S/C14H16FNO/c1-10(16-2)8-13-6-7-14(17-13)11-4-3-5-12(15)9-11/h3-7,9-10,16H,8H2,1-2H3. The second kappa shape index (κ2) is 5.15. The Balaban J connectivity index is 2.18. The van der Waals surface area contributed by atoms with Crippen molar-refractivity contribution in [2.24, 2.45) is 0 Å². The molecule has 1 aromatic carbocycles. The van der Waals surface area contributed by atoms with Gasteiger partial charge in [-0.2, -0.15) is 0 Å². The molecular weight excluding hydrogens is 217 g/mol. The molecule has 2 nitrogen and oxygen atoms in total. The first-order chi connectivity index (χ1) is 8.19. The Labute approximate surface area is 100 Å². The maximum atomic E-state index is 13.1. The van der Waals surface area contributed by atoms with Crippen LogP contribution in [0.15, 0.2) is 40.8 Å². The molecule has 1 heterocycles. The maximum absolute atomic E-state index is 13.1. The summed E-state index contributed by atoms with van der Waals surface area (Å²) in [5.74, 6) is 1.37. The van der Waals surface area contributed by atoms with E-state index >= 15 is 0 Å². The second-order valence-corrected chi connectivity index (χ2v) is 4.17. The summed E-state index contributed by atoms with van der Waals surface area (Å²) in [6.45, 7) is 2.09. The second-order valence-electron chi connectivity index (χ2n) is 4.17. The van der Waals surface area contributed by atoms with E-state index in [9.17, 15) is 4.39 Å². The number of furan rings is 1. The molecule has 1 aromatic heterocycles.